The number of hydrogen-bond donors (Lipinski definition) is 2. The first-order chi connectivity index (χ1) is 11.4. The van der Waals surface area contributed by atoms with Gasteiger partial charge < -0.3 is 5.11 Å². The van der Waals surface area contributed by atoms with Gasteiger partial charge in [-0.05, 0) is 30.3 Å². The summed E-state index contributed by atoms with van der Waals surface area (Å²) >= 11 is 0. The number of hydrazine groups is 1. The number of phenolic OH excluding ortho intramolecular Hbond substituents is 1. The van der Waals surface area contributed by atoms with Gasteiger partial charge in [-0.3, -0.25) is 4.79 Å². The molecule has 134 valence electrons. The molecule has 0 radical (unpaired) electrons. The average molecular weight is 364 g/mol. The van der Waals surface area contributed by atoms with Crippen molar-refractivity contribution in [2.45, 2.75) is 12.4 Å². The first-order valence-corrected chi connectivity index (χ1v) is 6.58. The third-order valence-corrected chi connectivity index (χ3v) is 3.20. The Kier molecular flexibility index (Phi) is 4.67. The summed E-state index contributed by atoms with van der Waals surface area (Å²) in [7, 11) is 0. The van der Waals surface area contributed by atoms with Crippen LogP contribution in [0.4, 0.5) is 32.0 Å². The number of hydrogen-bond acceptors (Lipinski definition) is 3. The third kappa shape index (κ3) is 4.02. The molecule has 3 N–H and O–H groups in total. The highest BCUT2D eigenvalue weighted by molar-refractivity contribution is 6.07. The van der Waals surface area contributed by atoms with Crippen LogP contribution < -0.4 is 10.9 Å². The lowest BCUT2D eigenvalue weighted by atomic mass is 10.1. The summed E-state index contributed by atoms with van der Waals surface area (Å²) in [4.78, 5) is 12.2. The van der Waals surface area contributed by atoms with Crippen LogP contribution in [0.3, 0.4) is 0 Å². The van der Waals surface area contributed by atoms with E-state index in [2.05, 4.69) is 0 Å². The topological polar surface area (TPSA) is 66.6 Å². The average Bonchev–Trinajstić information content (AvgIpc) is 2.52. The van der Waals surface area contributed by atoms with Crippen molar-refractivity contribution in [2.75, 3.05) is 5.01 Å². The molecule has 0 bridgehead atoms. The summed E-state index contributed by atoms with van der Waals surface area (Å²) in [6.07, 6.45) is -10.1. The van der Waals surface area contributed by atoms with Gasteiger partial charge in [-0.2, -0.15) is 26.3 Å². The van der Waals surface area contributed by atoms with Crippen molar-refractivity contribution in [1.29, 1.82) is 0 Å². The highest BCUT2D eigenvalue weighted by Crippen LogP contribution is 2.38. The first-order valence-electron chi connectivity index (χ1n) is 6.58. The summed E-state index contributed by atoms with van der Waals surface area (Å²) in [6, 6.07) is 5.50. The largest absolute Gasteiger partial charge is 0.507 e. The minimum absolute atomic E-state index is 0.0815. The number of carbonyl (C=O) groups is 1. The number of alkyl halides is 6. The first kappa shape index (κ1) is 18.6. The summed E-state index contributed by atoms with van der Waals surface area (Å²) < 4.78 is 77.0. The molecule has 25 heavy (non-hydrogen) atoms. The van der Waals surface area contributed by atoms with E-state index in [9.17, 15) is 36.2 Å². The molecule has 0 atom stereocenters. The normalized spacial score (nSPS) is 12.1. The second-order valence-corrected chi connectivity index (χ2v) is 4.96. The van der Waals surface area contributed by atoms with E-state index in [0.29, 0.717) is 12.1 Å². The Hall–Kier alpha value is -2.75. The Labute approximate surface area is 137 Å². The SMILES string of the molecule is NN(C(=O)c1ccccc1O)c1cc(C(F)(F)F)cc(C(F)(F)F)c1. The van der Waals surface area contributed by atoms with E-state index >= 15 is 0 Å². The molecule has 0 unspecified atom stereocenters. The lowest BCUT2D eigenvalue weighted by Crippen LogP contribution is -2.38. The van der Waals surface area contributed by atoms with E-state index in [1.54, 1.807) is 0 Å². The van der Waals surface area contributed by atoms with Crippen LogP contribution in [0.1, 0.15) is 21.5 Å². The van der Waals surface area contributed by atoms with Crippen LogP contribution in [-0.4, -0.2) is 11.0 Å². The summed E-state index contributed by atoms with van der Waals surface area (Å²) in [5.41, 5.74) is -4.43. The van der Waals surface area contributed by atoms with Gasteiger partial charge in [-0.1, -0.05) is 12.1 Å². The van der Waals surface area contributed by atoms with E-state index in [1.807, 2.05) is 0 Å². The van der Waals surface area contributed by atoms with E-state index in [4.69, 9.17) is 5.84 Å². The highest BCUT2D eigenvalue weighted by Gasteiger charge is 2.37. The number of para-hydroxylation sites is 1. The van der Waals surface area contributed by atoms with Crippen molar-refractivity contribution in [2.24, 2.45) is 5.84 Å². The molecule has 0 spiro atoms. The third-order valence-electron chi connectivity index (χ3n) is 3.20. The number of halogens is 6. The van der Waals surface area contributed by atoms with Crippen LogP contribution in [0.5, 0.6) is 5.75 Å². The van der Waals surface area contributed by atoms with Crippen LogP contribution in [0, 0.1) is 0 Å². The molecule has 2 aromatic rings. The molecule has 4 nitrogen and oxygen atoms in total. The van der Waals surface area contributed by atoms with Crippen LogP contribution in [0.2, 0.25) is 0 Å². The van der Waals surface area contributed by atoms with E-state index in [0.717, 1.165) is 12.1 Å². The van der Waals surface area contributed by atoms with Crippen molar-refractivity contribution in [3.05, 3.63) is 59.2 Å². The van der Waals surface area contributed by atoms with Crippen molar-refractivity contribution in [3.8, 4) is 5.75 Å². The smallest absolute Gasteiger partial charge is 0.416 e. The van der Waals surface area contributed by atoms with Crippen LogP contribution in [0.25, 0.3) is 0 Å². The maximum absolute atomic E-state index is 12.8. The number of benzene rings is 2. The maximum atomic E-state index is 12.8. The zero-order valence-electron chi connectivity index (χ0n) is 12.2. The second-order valence-electron chi connectivity index (χ2n) is 4.96. The molecule has 0 heterocycles. The number of nitrogens with two attached hydrogens (primary N) is 1. The molecule has 0 saturated carbocycles. The molecule has 0 aromatic heterocycles. The monoisotopic (exact) mass is 364 g/mol. The predicted molar refractivity (Wildman–Crippen MR) is 75.5 cm³/mol. The second kappa shape index (κ2) is 6.28. The van der Waals surface area contributed by atoms with Gasteiger partial charge in [0.25, 0.3) is 5.91 Å². The highest BCUT2D eigenvalue weighted by atomic mass is 19.4. The Balaban J connectivity index is 2.54. The molecule has 0 fully saturated rings. The molecule has 0 saturated heterocycles. The van der Waals surface area contributed by atoms with E-state index < -0.39 is 40.8 Å². The number of aromatic hydroxyl groups is 1. The van der Waals surface area contributed by atoms with Gasteiger partial charge in [-0.25, -0.2) is 10.9 Å². The van der Waals surface area contributed by atoms with Gasteiger partial charge in [-0.15, -0.1) is 0 Å². The lowest BCUT2D eigenvalue weighted by molar-refractivity contribution is -0.143. The van der Waals surface area contributed by atoms with Crippen molar-refractivity contribution in [3.63, 3.8) is 0 Å². The van der Waals surface area contributed by atoms with E-state index in [-0.39, 0.29) is 16.6 Å². The Morgan fingerprint density at radius 1 is 0.920 bits per heavy atom. The van der Waals surface area contributed by atoms with Crippen LogP contribution >= 0.6 is 0 Å². The van der Waals surface area contributed by atoms with Crippen molar-refractivity contribution >= 4 is 11.6 Å². The lowest BCUT2D eigenvalue weighted by Gasteiger charge is -2.20. The van der Waals surface area contributed by atoms with Gasteiger partial charge in [0.2, 0.25) is 0 Å². The number of amides is 1. The van der Waals surface area contributed by atoms with Gasteiger partial charge in [0.05, 0.1) is 22.4 Å². The molecule has 0 aliphatic rings. The molecular formula is C15H10F6N2O2. The molecule has 2 aromatic carbocycles. The number of nitrogens with zero attached hydrogens (tertiary/aromatic N) is 1. The molecule has 2 rings (SSSR count). The minimum atomic E-state index is -5.07. The van der Waals surface area contributed by atoms with Crippen molar-refractivity contribution in [1.82, 2.24) is 0 Å². The zero-order chi connectivity index (χ0) is 19.0. The number of rotatable bonds is 2. The minimum Gasteiger partial charge on any atom is -0.507 e. The maximum Gasteiger partial charge on any atom is 0.416 e. The summed E-state index contributed by atoms with van der Waals surface area (Å²) in [6.45, 7) is 0. The van der Waals surface area contributed by atoms with Gasteiger partial charge in [0.15, 0.2) is 0 Å². The predicted octanol–water partition coefficient (Wildman–Crippen LogP) is 3.95. The zero-order valence-corrected chi connectivity index (χ0v) is 12.2. The Bertz CT molecular complexity index is 769. The Morgan fingerprint density at radius 2 is 1.40 bits per heavy atom. The molecule has 1 amide bonds. The van der Waals surface area contributed by atoms with Gasteiger partial charge >= 0.3 is 12.4 Å². The summed E-state index contributed by atoms with van der Waals surface area (Å²) in [5, 5.41) is 9.69. The van der Waals surface area contributed by atoms with Gasteiger partial charge in [0, 0.05) is 0 Å². The van der Waals surface area contributed by atoms with Crippen LogP contribution in [-0.2, 0) is 12.4 Å². The fraction of sp³-hybridized carbons (Fsp3) is 0.133. The number of anilines is 1. The van der Waals surface area contributed by atoms with E-state index in [1.165, 1.54) is 12.1 Å². The number of phenols is 1. The number of carbonyl (C=O) groups excluding carboxylic acids is 1. The standard InChI is InChI=1S/C15H10F6N2O2/c16-14(17,18)8-5-9(15(19,20)21)7-10(6-8)23(22)13(25)11-3-1-2-4-12(11)24/h1-7,24H,22H2. The van der Waals surface area contributed by atoms with Gasteiger partial charge in [0.1, 0.15) is 5.75 Å². The molecule has 0 aliphatic heterocycles. The fourth-order valence-corrected chi connectivity index (χ4v) is 1.98. The molecule has 0 aliphatic carbocycles. The van der Waals surface area contributed by atoms with Crippen molar-refractivity contribution < 1.29 is 36.2 Å². The fourth-order valence-electron chi connectivity index (χ4n) is 1.98. The van der Waals surface area contributed by atoms with Crippen LogP contribution in [0.15, 0.2) is 42.5 Å². The molecular weight excluding hydrogens is 354 g/mol. The Morgan fingerprint density at radius 3 is 1.84 bits per heavy atom. The quantitative estimate of drug-likeness (QED) is 0.367. The summed E-state index contributed by atoms with van der Waals surface area (Å²) in [5.74, 6) is 3.70. The molecule has 10 heteroatoms.